The molecule has 13 heavy (non-hydrogen) atoms. The molecule has 0 aliphatic carbocycles. The summed E-state index contributed by atoms with van der Waals surface area (Å²) in [5.41, 5.74) is 2.52. The highest BCUT2D eigenvalue weighted by Gasteiger charge is 1.90. The Morgan fingerprint density at radius 1 is 1.23 bits per heavy atom. The lowest BCUT2D eigenvalue weighted by atomic mass is 10.2. The predicted molar refractivity (Wildman–Crippen MR) is 58.2 cm³/mol. The first-order chi connectivity index (χ1) is 6.33. The van der Waals surface area contributed by atoms with Gasteiger partial charge in [-0.05, 0) is 44.6 Å². The van der Waals surface area contributed by atoms with Gasteiger partial charge in [0.15, 0.2) is 0 Å². The molecule has 2 nitrogen and oxygen atoms in total. The first-order valence-corrected chi connectivity index (χ1v) is 4.78. The third-order valence-electron chi connectivity index (χ3n) is 1.95. The molecular weight excluding hydrogens is 160 g/mol. The van der Waals surface area contributed by atoms with Crippen molar-refractivity contribution in [2.75, 3.05) is 25.5 Å². The quantitative estimate of drug-likeness (QED) is 0.674. The maximum atomic E-state index is 3.38. The Labute approximate surface area is 80.4 Å². The van der Waals surface area contributed by atoms with Crippen molar-refractivity contribution in [1.82, 2.24) is 5.32 Å². The fourth-order valence-electron chi connectivity index (χ4n) is 1.25. The van der Waals surface area contributed by atoms with E-state index in [0.717, 1.165) is 19.5 Å². The van der Waals surface area contributed by atoms with Crippen LogP contribution in [0.1, 0.15) is 12.0 Å². The van der Waals surface area contributed by atoms with Crippen LogP contribution in [-0.4, -0.2) is 20.1 Å². The molecule has 1 aromatic rings. The minimum absolute atomic E-state index is 1.03. The maximum Gasteiger partial charge on any atom is 0.0342 e. The number of nitrogens with one attached hydrogen (secondary N) is 2. The number of anilines is 1. The third-order valence-corrected chi connectivity index (χ3v) is 1.95. The lowest BCUT2D eigenvalue weighted by molar-refractivity contribution is 0.748. The van der Waals surface area contributed by atoms with Gasteiger partial charge in [-0.3, -0.25) is 0 Å². The van der Waals surface area contributed by atoms with Gasteiger partial charge in [0.25, 0.3) is 0 Å². The van der Waals surface area contributed by atoms with Crippen molar-refractivity contribution in [3.05, 3.63) is 29.8 Å². The van der Waals surface area contributed by atoms with Gasteiger partial charge in [0.05, 0.1) is 0 Å². The standard InChI is InChI=1S/C11H18N2/c1-10-5-3-6-11(9-10)13-8-4-7-12-2/h3,5-6,9,12-13H,4,7-8H2,1-2H3. The van der Waals surface area contributed by atoms with Gasteiger partial charge < -0.3 is 10.6 Å². The van der Waals surface area contributed by atoms with E-state index in [1.54, 1.807) is 0 Å². The van der Waals surface area contributed by atoms with Crippen LogP contribution < -0.4 is 10.6 Å². The number of hydrogen-bond acceptors (Lipinski definition) is 2. The van der Waals surface area contributed by atoms with Crippen LogP contribution in [0, 0.1) is 6.92 Å². The van der Waals surface area contributed by atoms with Crippen LogP contribution in [0.3, 0.4) is 0 Å². The Morgan fingerprint density at radius 3 is 2.77 bits per heavy atom. The Hall–Kier alpha value is -1.02. The van der Waals surface area contributed by atoms with E-state index < -0.39 is 0 Å². The van der Waals surface area contributed by atoms with E-state index >= 15 is 0 Å². The van der Waals surface area contributed by atoms with Crippen molar-refractivity contribution in [2.24, 2.45) is 0 Å². The first kappa shape index (κ1) is 10.1. The summed E-state index contributed by atoms with van der Waals surface area (Å²) in [6.45, 7) is 4.21. The van der Waals surface area contributed by atoms with Gasteiger partial charge in [0, 0.05) is 12.2 Å². The van der Waals surface area contributed by atoms with E-state index in [4.69, 9.17) is 0 Å². The first-order valence-electron chi connectivity index (χ1n) is 4.78. The predicted octanol–water partition coefficient (Wildman–Crippen LogP) is 2.02. The summed E-state index contributed by atoms with van der Waals surface area (Å²) < 4.78 is 0. The summed E-state index contributed by atoms with van der Waals surface area (Å²) in [6, 6.07) is 8.46. The molecule has 0 aliphatic rings. The molecule has 0 aromatic heterocycles. The second kappa shape index (κ2) is 5.60. The Bertz CT molecular complexity index is 246. The van der Waals surface area contributed by atoms with Crippen molar-refractivity contribution in [3.8, 4) is 0 Å². The lowest BCUT2D eigenvalue weighted by Gasteiger charge is -2.06. The van der Waals surface area contributed by atoms with Crippen LogP contribution in [-0.2, 0) is 0 Å². The Kier molecular flexibility index (Phi) is 4.33. The summed E-state index contributed by atoms with van der Waals surface area (Å²) in [6.07, 6.45) is 1.16. The van der Waals surface area contributed by atoms with E-state index in [-0.39, 0.29) is 0 Å². The Balaban J connectivity index is 2.28. The van der Waals surface area contributed by atoms with Gasteiger partial charge in [-0.1, -0.05) is 12.1 Å². The molecule has 0 heterocycles. The summed E-state index contributed by atoms with van der Waals surface area (Å²) in [7, 11) is 1.98. The number of rotatable bonds is 5. The van der Waals surface area contributed by atoms with Crippen molar-refractivity contribution in [1.29, 1.82) is 0 Å². The van der Waals surface area contributed by atoms with E-state index in [0.29, 0.717) is 0 Å². The molecule has 72 valence electrons. The van der Waals surface area contributed by atoms with Gasteiger partial charge in [-0.25, -0.2) is 0 Å². The molecule has 0 amide bonds. The van der Waals surface area contributed by atoms with E-state index in [9.17, 15) is 0 Å². The zero-order chi connectivity index (χ0) is 9.52. The van der Waals surface area contributed by atoms with Crippen LogP contribution in [0.25, 0.3) is 0 Å². The van der Waals surface area contributed by atoms with Gasteiger partial charge in [-0.2, -0.15) is 0 Å². The van der Waals surface area contributed by atoms with Crippen LogP contribution in [0.4, 0.5) is 5.69 Å². The molecule has 0 fully saturated rings. The molecule has 0 spiro atoms. The molecule has 0 aliphatic heterocycles. The molecule has 0 saturated carbocycles. The smallest absolute Gasteiger partial charge is 0.0342 e. The minimum atomic E-state index is 1.03. The number of hydrogen-bond donors (Lipinski definition) is 2. The molecule has 1 aromatic carbocycles. The second-order valence-corrected chi connectivity index (χ2v) is 3.25. The summed E-state index contributed by atoms with van der Waals surface area (Å²) in [5.74, 6) is 0. The zero-order valence-electron chi connectivity index (χ0n) is 8.43. The highest BCUT2D eigenvalue weighted by Crippen LogP contribution is 2.08. The maximum absolute atomic E-state index is 3.38. The van der Waals surface area contributed by atoms with E-state index in [1.165, 1.54) is 11.3 Å². The lowest BCUT2D eigenvalue weighted by Crippen LogP contribution is -2.12. The molecular formula is C11H18N2. The van der Waals surface area contributed by atoms with Crippen LogP contribution in [0.2, 0.25) is 0 Å². The molecule has 0 radical (unpaired) electrons. The topological polar surface area (TPSA) is 24.1 Å². The molecule has 0 unspecified atom stereocenters. The van der Waals surface area contributed by atoms with Crippen LogP contribution in [0.5, 0.6) is 0 Å². The Morgan fingerprint density at radius 2 is 2.08 bits per heavy atom. The largest absolute Gasteiger partial charge is 0.385 e. The van der Waals surface area contributed by atoms with Crippen LogP contribution >= 0.6 is 0 Å². The third kappa shape index (κ3) is 3.95. The molecule has 2 N–H and O–H groups in total. The number of benzene rings is 1. The minimum Gasteiger partial charge on any atom is -0.385 e. The van der Waals surface area contributed by atoms with Crippen molar-refractivity contribution < 1.29 is 0 Å². The fourth-order valence-corrected chi connectivity index (χ4v) is 1.25. The molecule has 0 atom stereocenters. The van der Waals surface area contributed by atoms with Gasteiger partial charge in [0.2, 0.25) is 0 Å². The van der Waals surface area contributed by atoms with E-state index in [1.807, 2.05) is 7.05 Å². The average Bonchev–Trinajstić information content (AvgIpc) is 2.13. The molecule has 1 rings (SSSR count). The van der Waals surface area contributed by atoms with Gasteiger partial charge >= 0.3 is 0 Å². The molecule has 2 heteroatoms. The van der Waals surface area contributed by atoms with Crippen molar-refractivity contribution in [3.63, 3.8) is 0 Å². The average molecular weight is 178 g/mol. The van der Waals surface area contributed by atoms with E-state index in [2.05, 4.69) is 41.8 Å². The summed E-state index contributed by atoms with van der Waals surface area (Å²) in [4.78, 5) is 0. The van der Waals surface area contributed by atoms with Crippen molar-refractivity contribution >= 4 is 5.69 Å². The normalized spacial score (nSPS) is 10.0. The summed E-state index contributed by atoms with van der Waals surface area (Å²) in [5, 5.41) is 6.51. The monoisotopic (exact) mass is 178 g/mol. The van der Waals surface area contributed by atoms with Crippen LogP contribution in [0.15, 0.2) is 24.3 Å². The molecule has 0 saturated heterocycles. The highest BCUT2D eigenvalue weighted by atomic mass is 14.9. The zero-order valence-corrected chi connectivity index (χ0v) is 8.43. The SMILES string of the molecule is CNCCCNc1cccc(C)c1. The number of aryl methyl sites for hydroxylation is 1. The van der Waals surface area contributed by atoms with Crippen molar-refractivity contribution in [2.45, 2.75) is 13.3 Å². The highest BCUT2D eigenvalue weighted by molar-refractivity contribution is 5.45. The second-order valence-electron chi connectivity index (χ2n) is 3.25. The molecule has 0 bridgehead atoms. The summed E-state index contributed by atoms with van der Waals surface area (Å²) >= 11 is 0. The fraction of sp³-hybridized carbons (Fsp3) is 0.455. The van der Waals surface area contributed by atoms with Gasteiger partial charge in [0.1, 0.15) is 0 Å². The van der Waals surface area contributed by atoms with Gasteiger partial charge in [-0.15, -0.1) is 0 Å².